The summed E-state index contributed by atoms with van der Waals surface area (Å²) in [6.45, 7) is 1.17. The van der Waals surface area contributed by atoms with Crippen LogP contribution in [0.4, 0.5) is 0 Å². The largest absolute Gasteiger partial charge is 0.472 e. The number of thioether (sulfide) groups is 1. The number of rotatable bonds is 5. The molecule has 2 rings (SSSR count). The number of tetrazole rings is 1. The van der Waals surface area contributed by atoms with Crippen molar-refractivity contribution in [2.45, 2.75) is 17.5 Å². The first-order valence-electron chi connectivity index (χ1n) is 4.50. The monoisotopic (exact) mass is 225 g/mol. The average molecular weight is 225 g/mol. The van der Waals surface area contributed by atoms with Gasteiger partial charge < -0.3 is 10.2 Å². The molecule has 7 heteroatoms. The van der Waals surface area contributed by atoms with Crippen LogP contribution in [0.1, 0.15) is 5.56 Å². The van der Waals surface area contributed by atoms with E-state index < -0.39 is 0 Å². The number of furan rings is 1. The SMILES string of the molecule is NCCn1nnnc1SCc1ccoc1. The lowest BCUT2D eigenvalue weighted by molar-refractivity contribution is 0.556. The second-order valence-corrected chi connectivity index (χ2v) is 3.84. The van der Waals surface area contributed by atoms with Crippen LogP contribution in [-0.4, -0.2) is 26.8 Å². The van der Waals surface area contributed by atoms with Crippen LogP contribution < -0.4 is 5.73 Å². The van der Waals surface area contributed by atoms with E-state index in [1.165, 1.54) is 0 Å². The van der Waals surface area contributed by atoms with Crippen LogP contribution in [0.3, 0.4) is 0 Å². The zero-order valence-electron chi connectivity index (χ0n) is 8.04. The second-order valence-electron chi connectivity index (χ2n) is 2.89. The minimum atomic E-state index is 0.532. The maximum Gasteiger partial charge on any atom is 0.209 e. The van der Waals surface area contributed by atoms with E-state index in [0.29, 0.717) is 13.1 Å². The molecular formula is C8H11N5OS. The van der Waals surface area contributed by atoms with Crippen molar-refractivity contribution in [2.24, 2.45) is 5.73 Å². The third kappa shape index (κ3) is 2.57. The quantitative estimate of drug-likeness (QED) is 0.747. The van der Waals surface area contributed by atoms with E-state index in [0.717, 1.165) is 16.5 Å². The smallest absolute Gasteiger partial charge is 0.209 e. The van der Waals surface area contributed by atoms with E-state index in [4.69, 9.17) is 10.2 Å². The Kier molecular flexibility index (Phi) is 3.36. The summed E-state index contributed by atoms with van der Waals surface area (Å²) in [5, 5.41) is 12.1. The van der Waals surface area contributed by atoms with E-state index in [1.54, 1.807) is 29.0 Å². The topological polar surface area (TPSA) is 82.8 Å². The molecule has 0 amide bonds. The third-order valence-corrected chi connectivity index (χ3v) is 2.82. The van der Waals surface area contributed by atoms with E-state index in [9.17, 15) is 0 Å². The molecule has 0 saturated heterocycles. The summed E-state index contributed by atoms with van der Waals surface area (Å²) in [6.07, 6.45) is 3.36. The van der Waals surface area contributed by atoms with Crippen molar-refractivity contribution < 1.29 is 4.42 Å². The lowest BCUT2D eigenvalue weighted by atomic mass is 10.4. The summed E-state index contributed by atoms with van der Waals surface area (Å²) in [5.74, 6) is 0.793. The van der Waals surface area contributed by atoms with E-state index >= 15 is 0 Å². The van der Waals surface area contributed by atoms with Crippen LogP contribution in [0, 0.1) is 0 Å². The Hall–Kier alpha value is -1.34. The summed E-state index contributed by atoms with van der Waals surface area (Å²) in [4.78, 5) is 0. The Morgan fingerprint density at radius 1 is 1.53 bits per heavy atom. The van der Waals surface area contributed by atoms with Gasteiger partial charge in [0.25, 0.3) is 0 Å². The van der Waals surface area contributed by atoms with Crippen LogP contribution in [0.25, 0.3) is 0 Å². The molecule has 0 aliphatic heterocycles. The van der Waals surface area contributed by atoms with Crippen molar-refractivity contribution in [3.05, 3.63) is 24.2 Å². The molecule has 2 aromatic heterocycles. The Morgan fingerprint density at radius 3 is 3.20 bits per heavy atom. The van der Waals surface area contributed by atoms with Gasteiger partial charge in [0.1, 0.15) is 0 Å². The van der Waals surface area contributed by atoms with Crippen LogP contribution in [0.15, 0.2) is 28.2 Å². The fourth-order valence-corrected chi connectivity index (χ4v) is 1.92. The summed E-state index contributed by atoms with van der Waals surface area (Å²) in [7, 11) is 0. The van der Waals surface area contributed by atoms with Gasteiger partial charge in [-0.2, -0.15) is 0 Å². The normalized spacial score (nSPS) is 10.7. The van der Waals surface area contributed by atoms with Crippen LogP contribution in [-0.2, 0) is 12.3 Å². The van der Waals surface area contributed by atoms with Crippen molar-refractivity contribution >= 4 is 11.8 Å². The van der Waals surface area contributed by atoms with Gasteiger partial charge in [-0.05, 0) is 16.5 Å². The molecule has 0 unspecified atom stereocenters. The number of nitrogens with zero attached hydrogens (tertiary/aromatic N) is 4. The summed E-state index contributed by atoms with van der Waals surface area (Å²) < 4.78 is 6.67. The van der Waals surface area contributed by atoms with Crippen molar-refractivity contribution in [1.29, 1.82) is 0 Å². The fraction of sp³-hybridized carbons (Fsp3) is 0.375. The van der Waals surface area contributed by atoms with Crippen molar-refractivity contribution in [3.8, 4) is 0 Å². The Balaban J connectivity index is 1.95. The molecule has 0 fully saturated rings. The van der Waals surface area contributed by atoms with Crippen LogP contribution >= 0.6 is 11.8 Å². The summed E-state index contributed by atoms with van der Waals surface area (Å²) in [5.41, 5.74) is 6.55. The van der Waals surface area contributed by atoms with Gasteiger partial charge in [0, 0.05) is 17.9 Å². The first kappa shape index (κ1) is 10.2. The maximum absolute atomic E-state index is 5.44. The molecule has 0 aliphatic carbocycles. The highest BCUT2D eigenvalue weighted by Crippen LogP contribution is 2.19. The molecule has 0 aliphatic rings. The number of aromatic nitrogens is 4. The molecule has 0 aromatic carbocycles. The van der Waals surface area contributed by atoms with Crippen LogP contribution in [0.5, 0.6) is 0 Å². The molecule has 2 N–H and O–H groups in total. The van der Waals surface area contributed by atoms with Gasteiger partial charge in [0.2, 0.25) is 5.16 Å². The molecule has 0 radical (unpaired) electrons. The zero-order valence-corrected chi connectivity index (χ0v) is 8.85. The standard InChI is InChI=1S/C8H11N5OS/c9-2-3-13-8(10-11-12-13)15-6-7-1-4-14-5-7/h1,4-5H,2-3,6,9H2. The van der Waals surface area contributed by atoms with Gasteiger partial charge in [0.15, 0.2) is 0 Å². The van der Waals surface area contributed by atoms with E-state index in [2.05, 4.69) is 15.5 Å². The average Bonchev–Trinajstić information content (AvgIpc) is 2.85. The number of hydrogen-bond donors (Lipinski definition) is 1. The Labute approximate surface area is 90.8 Å². The lowest BCUT2D eigenvalue weighted by Gasteiger charge is -2.00. The highest BCUT2D eigenvalue weighted by molar-refractivity contribution is 7.98. The predicted molar refractivity (Wildman–Crippen MR) is 55.1 cm³/mol. The molecule has 0 bridgehead atoms. The highest BCUT2D eigenvalue weighted by Gasteiger charge is 2.06. The third-order valence-electron chi connectivity index (χ3n) is 1.79. The minimum absolute atomic E-state index is 0.532. The molecule has 0 saturated carbocycles. The number of hydrogen-bond acceptors (Lipinski definition) is 6. The molecule has 2 heterocycles. The summed E-state index contributed by atoms with van der Waals surface area (Å²) >= 11 is 1.56. The Bertz CT molecular complexity index is 399. The molecular weight excluding hydrogens is 214 g/mol. The van der Waals surface area contributed by atoms with E-state index in [1.807, 2.05) is 6.07 Å². The van der Waals surface area contributed by atoms with Gasteiger partial charge >= 0.3 is 0 Å². The summed E-state index contributed by atoms with van der Waals surface area (Å²) in [6, 6.07) is 1.92. The van der Waals surface area contributed by atoms with Gasteiger partial charge in [-0.15, -0.1) is 5.10 Å². The van der Waals surface area contributed by atoms with Crippen molar-refractivity contribution in [1.82, 2.24) is 20.2 Å². The molecule has 80 valence electrons. The lowest BCUT2D eigenvalue weighted by Crippen LogP contribution is -2.12. The first-order chi connectivity index (χ1) is 7.40. The fourth-order valence-electron chi connectivity index (χ4n) is 1.09. The zero-order chi connectivity index (χ0) is 10.5. The molecule has 0 spiro atoms. The van der Waals surface area contributed by atoms with Gasteiger partial charge in [-0.25, -0.2) is 4.68 Å². The maximum atomic E-state index is 5.44. The molecule has 6 nitrogen and oxygen atoms in total. The highest BCUT2D eigenvalue weighted by atomic mass is 32.2. The van der Waals surface area contributed by atoms with Crippen molar-refractivity contribution in [2.75, 3.05) is 6.54 Å². The molecule has 2 aromatic rings. The van der Waals surface area contributed by atoms with Gasteiger partial charge in [-0.1, -0.05) is 11.8 Å². The predicted octanol–water partition coefficient (Wildman–Crippen LogP) is 0.517. The molecule has 15 heavy (non-hydrogen) atoms. The first-order valence-corrected chi connectivity index (χ1v) is 5.49. The van der Waals surface area contributed by atoms with Crippen molar-refractivity contribution in [3.63, 3.8) is 0 Å². The molecule has 0 atom stereocenters. The second kappa shape index (κ2) is 4.94. The number of nitrogens with two attached hydrogens (primary N) is 1. The Morgan fingerprint density at radius 2 is 2.47 bits per heavy atom. The minimum Gasteiger partial charge on any atom is -0.472 e. The van der Waals surface area contributed by atoms with Crippen LogP contribution in [0.2, 0.25) is 0 Å². The van der Waals surface area contributed by atoms with Gasteiger partial charge in [-0.3, -0.25) is 0 Å². The van der Waals surface area contributed by atoms with E-state index in [-0.39, 0.29) is 0 Å². The van der Waals surface area contributed by atoms with Gasteiger partial charge in [0.05, 0.1) is 19.1 Å².